The zero-order chi connectivity index (χ0) is 21.0. The standard InChI is InChI=1S/C20H21N3O4S2/c1-4-27-10-9-22-16-12-13(2)11-14(3)19(16)29-20(22)21-17(24)7-5-15-6-8-18(28-15)23(25)26/h5-8,11-12H,4,9-10H2,1-3H3. The summed E-state index contributed by atoms with van der Waals surface area (Å²) in [6, 6.07) is 7.24. The van der Waals surface area contributed by atoms with Crippen LogP contribution in [0.2, 0.25) is 0 Å². The van der Waals surface area contributed by atoms with Crippen molar-refractivity contribution >= 4 is 49.9 Å². The topological polar surface area (TPSA) is 86.7 Å². The number of aromatic nitrogens is 1. The molecule has 2 heterocycles. The van der Waals surface area contributed by atoms with E-state index in [1.807, 2.05) is 25.3 Å². The van der Waals surface area contributed by atoms with Crippen LogP contribution in [0.25, 0.3) is 16.3 Å². The minimum atomic E-state index is -0.447. The molecule has 0 aliphatic carbocycles. The van der Waals surface area contributed by atoms with Crippen molar-refractivity contribution < 1.29 is 14.5 Å². The summed E-state index contributed by atoms with van der Waals surface area (Å²) in [5.74, 6) is -0.410. The number of nitrogens with zero attached hydrogens (tertiary/aromatic N) is 3. The minimum absolute atomic E-state index is 0.0400. The van der Waals surface area contributed by atoms with E-state index in [4.69, 9.17) is 4.74 Å². The second kappa shape index (κ2) is 9.25. The number of hydrogen-bond acceptors (Lipinski definition) is 6. The molecule has 0 radical (unpaired) electrons. The summed E-state index contributed by atoms with van der Waals surface area (Å²) >= 11 is 2.49. The Bertz CT molecular complexity index is 1150. The first-order valence-corrected chi connectivity index (χ1v) is 10.7. The van der Waals surface area contributed by atoms with E-state index in [1.54, 1.807) is 12.1 Å². The van der Waals surface area contributed by atoms with Crippen molar-refractivity contribution in [2.75, 3.05) is 13.2 Å². The molecular formula is C20H21N3O4S2. The normalized spacial score (nSPS) is 12.3. The Morgan fingerprint density at radius 3 is 2.79 bits per heavy atom. The van der Waals surface area contributed by atoms with Gasteiger partial charge in [-0.3, -0.25) is 14.9 Å². The Kier molecular flexibility index (Phi) is 6.73. The maximum Gasteiger partial charge on any atom is 0.324 e. The molecule has 0 atom stereocenters. The fraction of sp³-hybridized carbons (Fsp3) is 0.300. The highest BCUT2D eigenvalue weighted by molar-refractivity contribution is 7.16. The monoisotopic (exact) mass is 431 g/mol. The number of benzene rings is 1. The molecule has 0 saturated carbocycles. The molecule has 7 nitrogen and oxygen atoms in total. The molecular weight excluding hydrogens is 410 g/mol. The molecule has 152 valence electrons. The third kappa shape index (κ3) is 5.06. The van der Waals surface area contributed by atoms with Crippen LogP contribution in [0.4, 0.5) is 5.00 Å². The Balaban J connectivity index is 1.95. The molecule has 3 rings (SSSR count). The number of fused-ring (bicyclic) bond motifs is 1. The van der Waals surface area contributed by atoms with E-state index < -0.39 is 10.8 Å². The Hall–Kier alpha value is -2.62. The van der Waals surface area contributed by atoms with Gasteiger partial charge in [0, 0.05) is 30.2 Å². The average Bonchev–Trinajstić information content (AvgIpc) is 3.26. The predicted molar refractivity (Wildman–Crippen MR) is 116 cm³/mol. The highest BCUT2D eigenvalue weighted by Crippen LogP contribution is 2.25. The predicted octanol–water partition coefficient (Wildman–Crippen LogP) is 4.47. The molecule has 3 aromatic rings. The smallest absolute Gasteiger partial charge is 0.324 e. The molecule has 29 heavy (non-hydrogen) atoms. The first-order chi connectivity index (χ1) is 13.9. The van der Waals surface area contributed by atoms with Crippen molar-refractivity contribution in [3.63, 3.8) is 0 Å². The van der Waals surface area contributed by atoms with Crippen molar-refractivity contribution in [2.24, 2.45) is 4.99 Å². The van der Waals surface area contributed by atoms with Gasteiger partial charge in [-0.2, -0.15) is 4.99 Å². The molecule has 0 saturated heterocycles. The van der Waals surface area contributed by atoms with E-state index in [2.05, 4.69) is 17.1 Å². The number of carbonyl (C=O) groups is 1. The third-order valence-corrected chi connectivity index (χ3v) is 6.40. The maximum atomic E-state index is 12.4. The molecule has 0 bridgehead atoms. The summed E-state index contributed by atoms with van der Waals surface area (Å²) in [6.45, 7) is 7.80. The van der Waals surface area contributed by atoms with E-state index >= 15 is 0 Å². The Morgan fingerprint density at radius 1 is 1.31 bits per heavy atom. The highest BCUT2D eigenvalue weighted by Gasteiger charge is 2.11. The largest absolute Gasteiger partial charge is 0.380 e. The average molecular weight is 432 g/mol. The Labute approximate surface area is 175 Å². The van der Waals surface area contributed by atoms with Crippen molar-refractivity contribution in [2.45, 2.75) is 27.3 Å². The molecule has 0 aliphatic heterocycles. The minimum Gasteiger partial charge on any atom is -0.380 e. The molecule has 0 aliphatic rings. The first-order valence-electron chi connectivity index (χ1n) is 9.08. The number of hydrogen-bond donors (Lipinski definition) is 0. The van der Waals surface area contributed by atoms with Crippen LogP contribution in [0.1, 0.15) is 22.9 Å². The number of carbonyl (C=O) groups excluding carboxylic acids is 1. The van der Waals surface area contributed by atoms with Gasteiger partial charge in [0.2, 0.25) is 0 Å². The van der Waals surface area contributed by atoms with Crippen LogP contribution in [0.3, 0.4) is 0 Å². The van der Waals surface area contributed by atoms with E-state index in [-0.39, 0.29) is 5.00 Å². The lowest BCUT2D eigenvalue weighted by Crippen LogP contribution is -2.19. The summed E-state index contributed by atoms with van der Waals surface area (Å²) in [4.78, 5) is 28.3. The van der Waals surface area contributed by atoms with Crippen LogP contribution in [0.5, 0.6) is 0 Å². The van der Waals surface area contributed by atoms with Crippen LogP contribution in [0, 0.1) is 24.0 Å². The van der Waals surface area contributed by atoms with Crippen LogP contribution >= 0.6 is 22.7 Å². The number of rotatable bonds is 7. The van der Waals surface area contributed by atoms with Crippen LogP contribution in [-0.2, 0) is 16.1 Å². The van der Waals surface area contributed by atoms with Gasteiger partial charge in [-0.1, -0.05) is 28.7 Å². The summed E-state index contributed by atoms with van der Waals surface area (Å²) in [5, 5.41) is 10.8. The van der Waals surface area contributed by atoms with Crippen LogP contribution in [-0.4, -0.2) is 28.6 Å². The molecule has 1 aromatic carbocycles. The fourth-order valence-electron chi connectivity index (χ4n) is 2.93. The van der Waals surface area contributed by atoms with Crippen molar-refractivity contribution in [3.8, 4) is 0 Å². The maximum absolute atomic E-state index is 12.4. The van der Waals surface area contributed by atoms with E-state index in [1.165, 1.54) is 23.5 Å². The summed E-state index contributed by atoms with van der Waals surface area (Å²) in [6.07, 6.45) is 2.89. The molecule has 9 heteroatoms. The number of nitro groups is 1. The summed E-state index contributed by atoms with van der Waals surface area (Å²) in [7, 11) is 0. The van der Waals surface area contributed by atoms with E-state index in [9.17, 15) is 14.9 Å². The van der Waals surface area contributed by atoms with Gasteiger partial charge in [-0.05, 0) is 50.1 Å². The number of aryl methyl sites for hydroxylation is 2. The van der Waals surface area contributed by atoms with Gasteiger partial charge in [-0.15, -0.1) is 0 Å². The van der Waals surface area contributed by atoms with Crippen molar-refractivity contribution in [3.05, 3.63) is 61.3 Å². The lowest BCUT2D eigenvalue weighted by Gasteiger charge is -2.06. The lowest BCUT2D eigenvalue weighted by atomic mass is 10.1. The molecule has 0 spiro atoms. The van der Waals surface area contributed by atoms with E-state index in [0.717, 1.165) is 32.7 Å². The summed E-state index contributed by atoms with van der Waals surface area (Å²) < 4.78 is 8.60. The zero-order valence-electron chi connectivity index (χ0n) is 16.4. The van der Waals surface area contributed by atoms with Crippen LogP contribution in [0.15, 0.2) is 35.3 Å². The van der Waals surface area contributed by atoms with Gasteiger partial charge in [-0.25, -0.2) is 0 Å². The van der Waals surface area contributed by atoms with Gasteiger partial charge in [0.25, 0.3) is 5.91 Å². The van der Waals surface area contributed by atoms with E-state index in [0.29, 0.717) is 29.4 Å². The molecule has 2 aromatic heterocycles. The molecule has 0 fully saturated rings. The highest BCUT2D eigenvalue weighted by atomic mass is 32.1. The number of thiazole rings is 1. The third-order valence-electron chi connectivity index (χ3n) is 4.17. The SMILES string of the molecule is CCOCCn1c(=NC(=O)C=Cc2ccc([N+](=O)[O-])s2)sc2c(C)cc(C)cc21. The number of thiophene rings is 1. The molecule has 0 N–H and O–H groups in total. The number of amides is 1. The van der Waals surface area contributed by atoms with Crippen molar-refractivity contribution in [1.82, 2.24) is 4.57 Å². The second-order valence-electron chi connectivity index (χ2n) is 6.38. The molecule has 0 unspecified atom stereocenters. The Morgan fingerprint density at radius 2 is 2.10 bits per heavy atom. The molecule has 1 amide bonds. The first kappa shape index (κ1) is 21.1. The van der Waals surface area contributed by atoms with Crippen LogP contribution < -0.4 is 4.80 Å². The second-order valence-corrected chi connectivity index (χ2v) is 8.45. The van der Waals surface area contributed by atoms with Gasteiger partial charge in [0.15, 0.2) is 4.80 Å². The van der Waals surface area contributed by atoms with Crippen molar-refractivity contribution in [1.29, 1.82) is 0 Å². The number of ether oxygens (including phenoxy) is 1. The zero-order valence-corrected chi connectivity index (χ0v) is 18.0. The van der Waals surface area contributed by atoms with Gasteiger partial charge in [0.1, 0.15) is 0 Å². The van der Waals surface area contributed by atoms with Gasteiger partial charge < -0.3 is 9.30 Å². The quantitative estimate of drug-likeness (QED) is 0.239. The lowest BCUT2D eigenvalue weighted by molar-refractivity contribution is -0.380. The summed E-state index contributed by atoms with van der Waals surface area (Å²) in [5.41, 5.74) is 3.33. The fourth-order valence-corrected chi connectivity index (χ4v) is 4.76. The van der Waals surface area contributed by atoms with Gasteiger partial charge >= 0.3 is 5.00 Å². The van der Waals surface area contributed by atoms with Gasteiger partial charge in [0.05, 0.1) is 21.7 Å².